The number of benzene rings is 4. The highest BCUT2D eigenvalue weighted by Gasteiger charge is 2.14. The number of nitrogens with zero attached hydrogens (tertiary/aromatic N) is 1. The number of carbonyl (C=O) groups excluding carboxylic acids is 5. The highest BCUT2D eigenvalue weighted by molar-refractivity contribution is 6.32. The predicted octanol–water partition coefficient (Wildman–Crippen LogP) is 14.7. The second-order valence-electron chi connectivity index (χ2n) is 21.4. The summed E-state index contributed by atoms with van der Waals surface area (Å²) in [7, 11) is 0. The second-order valence-corrected chi connectivity index (χ2v) is 23.5. The number of nitrogens with one attached hydrogen (secondary N) is 3. The van der Waals surface area contributed by atoms with Gasteiger partial charge in [-0.25, -0.2) is 14.2 Å². The molecule has 0 unspecified atom stereocenters. The summed E-state index contributed by atoms with van der Waals surface area (Å²) in [6.45, 7) is 8.12. The SMILES string of the molecule is CCOC(=O)CCCCCCCCl.CCOC(=O)CCCCCCCNC(=O)c1cc(Cl)ccc1O.CCOC(=O)CCCCCCCn1c(=O)oc2ccc(Cl)cc2c1=O.O=C(O)CCCCCCCNC(=O)c1cc(Cl)ccc1O.O=c1[nH]c(=O)c2cc(Cl)ccc2o1. The zero-order valence-corrected chi connectivity index (χ0v) is 57.9. The summed E-state index contributed by atoms with van der Waals surface area (Å²) in [4.78, 5) is 116. The van der Waals surface area contributed by atoms with E-state index in [1.807, 2.05) is 11.9 Å². The van der Waals surface area contributed by atoms with Crippen LogP contribution in [0.25, 0.3) is 21.9 Å². The second kappa shape index (κ2) is 50.1. The summed E-state index contributed by atoms with van der Waals surface area (Å²) in [5.74, 6) is -2.64. The van der Waals surface area contributed by atoms with Gasteiger partial charge in [0.15, 0.2) is 0 Å². The molecule has 6 rings (SSSR count). The van der Waals surface area contributed by atoms with Gasteiger partial charge in [-0.1, -0.05) is 123 Å². The molecule has 2 aromatic heterocycles. The predicted molar refractivity (Wildman–Crippen MR) is 370 cm³/mol. The quantitative estimate of drug-likeness (QED) is 0.00921. The molecular weight excluding hydrogens is 1340 g/mol. The van der Waals surface area contributed by atoms with Crippen molar-refractivity contribution in [2.75, 3.05) is 38.8 Å². The van der Waals surface area contributed by atoms with Gasteiger partial charge in [0.2, 0.25) is 0 Å². The molecule has 95 heavy (non-hydrogen) atoms. The number of ether oxygens (including phenoxy) is 3. The zero-order chi connectivity index (χ0) is 70.3. The lowest BCUT2D eigenvalue weighted by molar-refractivity contribution is -0.144. The van der Waals surface area contributed by atoms with Crippen molar-refractivity contribution in [3.8, 4) is 11.5 Å². The monoisotopic (exact) mass is 1420 g/mol. The normalized spacial score (nSPS) is 10.5. The Morgan fingerprint density at radius 2 is 0.842 bits per heavy atom. The topological polar surface area (TPSA) is 330 Å². The van der Waals surface area contributed by atoms with E-state index in [0.717, 1.165) is 113 Å². The first-order valence-corrected chi connectivity index (χ1v) is 34.0. The van der Waals surface area contributed by atoms with Gasteiger partial charge in [-0.15, -0.1) is 11.6 Å². The van der Waals surface area contributed by atoms with Crippen LogP contribution < -0.4 is 33.3 Å². The Morgan fingerprint density at radius 1 is 0.474 bits per heavy atom. The Labute approximate surface area is 577 Å². The average Bonchev–Trinajstić information content (AvgIpc) is 0.808. The number of aliphatic carboxylic acids is 1. The largest absolute Gasteiger partial charge is 0.507 e. The van der Waals surface area contributed by atoms with E-state index in [2.05, 4.69) is 10.6 Å². The molecule has 0 bridgehead atoms. The highest BCUT2D eigenvalue weighted by Crippen LogP contribution is 2.23. The minimum Gasteiger partial charge on any atom is -0.507 e. The number of phenols is 2. The van der Waals surface area contributed by atoms with E-state index in [0.29, 0.717) is 97.0 Å². The maximum Gasteiger partial charge on any atom is 0.422 e. The van der Waals surface area contributed by atoms with Crippen molar-refractivity contribution < 1.29 is 67.1 Å². The van der Waals surface area contributed by atoms with Gasteiger partial charge in [0, 0.05) is 71.3 Å². The molecule has 2 heterocycles. The van der Waals surface area contributed by atoms with E-state index in [-0.39, 0.29) is 80.9 Å². The van der Waals surface area contributed by atoms with Crippen molar-refractivity contribution >= 4 is 116 Å². The van der Waals surface area contributed by atoms with E-state index in [1.54, 1.807) is 26.0 Å². The van der Waals surface area contributed by atoms with Crippen molar-refractivity contribution in [1.29, 1.82) is 0 Å². The first kappa shape index (κ1) is 83.7. The van der Waals surface area contributed by atoms with Crippen LogP contribution in [0.2, 0.25) is 20.1 Å². The van der Waals surface area contributed by atoms with E-state index in [9.17, 15) is 58.2 Å². The van der Waals surface area contributed by atoms with Gasteiger partial charge >= 0.3 is 35.4 Å². The number of halogens is 5. The zero-order valence-electron chi connectivity index (χ0n) is 54.2. The number of aromatic amines is 1. The molecule has 0 aliphatic carbocycles. The van der Waals surface area contributed by atoms with Crippen molar-refractivity contribution in [3.05, 3.63) is 146 Å². The summed E-state index contributed by atoms with van der Waals surface area (Å²) in [6, 6.07) is 17.8. The molecule has 22 nitrogen and oxygen atoms in total. The molecule has 0 atom stereocenters. The van der Waals surface area contributed by atoms with E-state index < -0.39 is 23.0 Å². The van der Waals surface area contributed by atoms with Gasteiger partial charge in [0.25, 0.3) is 22.9 Å². The third-order valence-corrected chi connectivity index (χ3v) is 14.9. The van der Waals surface area contributed by atoms with Gasteiger partial charge < -0.3 is 49.0 Å². The Balaban J connectivity index is 0.000000413. The minimum atomic E-state index is -0.764. The molecule has 0 saturated carbocycles. The average molecular weight is 1430 g/mol. The molecule has 0 saturated heterocycles. The van der Waals surface area contributed by atoms with E-state index in [4.69, 9.17) is 86.2 Å². The number of phenolic OH excluding ortho intramolecular Hbond substituents is 2. The molecule has 2 amide bonds. The number of fused-ring (bicyclic) bond motifs is 2. The minimum absolute atomic E-state index is 0.0696. The van der Waals surface area contributed by atoms with Crippen LogP contribution in [0.1, 0.15) is 196 Å². The van der Waals surface area contributed by atoms with Crippen LogP contribution in [-0.4, -0.2) is 99.4 Å². The Bertz CT molecular complexity index is 3550. The summed E-state index contributed by atoms with van der Waals surface area (Å²) in [6.07, 6.45) is 20.3. The molecule has 0 aliphatic rings. The van der Waals surface area contributed by atoms with E-state index >= 15 is 0 Å². The summed E-state index contributed by atoms with van der Waals surface area (Å²) in [5.41, 5.74) is -0.0338. The van der Waals surface area contributed by atoms with Gasteiger partial charge in [-0.3, -0.25) is 43.3 Å². The lowest BCUT2D eigenvalue weighted by Gasteiger charge is -2.07. The van der Waals surface area contributed by atoms with Crippen LogP contribution in [-0.2, 0) is 39.9 Å². The molecule has 27 heteroatoms. The fraction of sp³-hybridized carbons (Fsp3) is 0.500. The Kier molecular flexibility index (Phi) is 44.1. The van der Waals surface area contributed by atoms with Crippen molar-refractivity contribution in [1.82, 2.24) is 20.2 Å². The number of carboxylic acids is 1. The van der Waals surface area contributed by atoms with Gasteiger partial charge in [0.1, 0.15) is 22.7 Å². The third kappa shape index (κ3) is 36.9. The number of esters is 3. The maximum absolute atomic E-state index is 12.4. The maximum atomic E-state index is 12.4. The number of aromatic nitrogens is 2. The molecule has 0 radical (unpaired) electrons. The number of rotatable bonds is 36. The number of carboxylic acid groups (broad SMARTS) is 1. The smallest absolute Gasteiger partial charge is 0.422 e. The number of amides is 2. The van der Waals surface area contributed by atoms with Crippen LogP contribution in [0.15, 0.2) is 101 Å². The molecule has 524 valence electrons. The number of unbranched alkanes of at least 4 members (excludes halogenated alkanes) is 16. The number of aromatic hydroxyl groups is 2. The Hall–Kier alpha value is -7.37. The lowest BCUT2D eigenvalue weighted by atomic mass is 10.1. The standard InChI is InChI=1S/C18H22ClNO5.C17H24ClNO4.C15H20ClNO4.C10H19ClO2.C8H4ClNO3/c1-2-24-16(21)8-6-4-3-5-7-11-20-17(22)14-12-13(19)9-10-15(14)25-18(20)23;1-2-23-16(21)8-6-4-3-5-7-11-19-17(22)14-12-13(18)9-10-15(14)20;16-11-7-8-13(18)12(10-11)15(21)17-9-5-3-1-2-4-6-14(19)20;1-2-13-10(12)8-6-4-3-5-7-9-11;9-4-1-2-6-5(3-4)7(11)10-8(12)13-6/h9-10,12H,2-8,11H2,1H3;9-10,12,20H,2-8,11H2,1H3,(H,19,22);7-8,10,18H,1-6,9H2,(H,17,21)(H,19,20);2-9H2,1H3;1-3H,(H,10,11,12). The Morgan fingerprint density at radius 3 is 1.27 bits per heavy atom. The van der Waals surface area contributed by atoms with Gasteiger partial charge in [-0.2, -0.15) is 0 Å². The molecular formula is C68H89Cl5N4O18. The first-order chi connectivity index (χ1) is 45.5. The number of H-pyrrole nitrogens is 1. The molecule has 6 aromatic rings. The molecule has 0 spiro atoms. The number of hydrogen-bond donors (Lipinski definition) is 6. The van der Waals surface area contributed by atoms with E-state index in [1.165, 1.54) is 73.5 Å². The van der Waals surface area contributed by atoms with Crippen LogP contribution in [0.5, 0.6) is 11.5 Å². The van der Waals surface area contributed by atoms with Crippen molar-refractivity contribution in [2.24, 2.45) is 0 Å². The number of carbonyl (C=O) groups is 6. The summed E-state index contributed by atoms with van der Waals surface area (Å²) in [5, 5.41) is 35.4. The van der Waals surface area contributed by atoms with Gasteiger partial charge in [-0.05, 0) is 145 Å². The van der Waals surface area contributed by atoms with Gasteiger partial charge in [0.05, 0.1) is 41.7 Å². The molecule has 0 fully saturated rings. The van der Waals surface area contributed by atoms with Crippen LogP contribution in [0.3, 0.4) is 0 Å². The van der Waals surface area contributed by atoms with Crippen molar-refractivity contribution in [3.63, 3.8) is 0 Å². The first-order valence-electron chi connectivity index (χ1n) is 32.0. The summed E-state index contributed by atoms with van der Waals surface area (Å²) < 4.78 is 25.5. The third-order valence-electron chi connectivity index (χ3n) is 13.7. The van der Waals surface area contributed by atoms with Crippen LogP contribution >= 0.6 is 58.0 Å². The fourth-order valence-electron chi connectivity index (χ4n) is 8.88. The van der Waals surface area contributed by atoms with Crippen molar-refractivity contribution in [2.45, 2.75) is 181 Å². The number of alkyl halides is 1. The number of hydrogen-bond acceptors (Lipinski definition) is 17. The molecule has 0 aliphatic heterocycles. The molecule has 6 N–H and O–H groups in total. The fourth-order valence-corrected chi connectivity index (χ4v) is 9.75. The molecule has 4 aromatic carbocycles. The summed E-state index contributed by atoms with van der Waals surface area (Å²) >= 11 is 28.7. The van der Waals surface area contributed by atoms with Crippen LogP contribution in [0.4, 0.5) is 0 Å². The van der Waals surface area contributed by atoms with Crippen LogP contribution in [0, 0.1) is 0 Å². The highest BCUT2D eigenvalue weighted by atomic mass is 35.5. The lowest BCUT2D eigenvalue weighted by Crippen LogP contribution is -2.32.